The van der Waals surface area contributed by atoms with Crippen molar-refractivity contribution in [1.29, 1.82) is 0 Å². The van der Waals surface area contributed by atoms with Gasteiger partial charge in [-0.2, -0.15) is 0 Å². The van der Waals surface area contributed by atoms with E-state index in [-0.39, 0.29) is 5.78 Å². The zero-order valence-electron chi connectivity index (χ0n) is 24.0. The second-order valence-electron chi connectivity index (χ2n) is 10.1. The lowest BCUT2D eigenvalue weighted by Crippen LogP contribution is -2.01. The lowest BCUT2D eigenvalue weighted by Gasteiger charge is -2.10. The summed E-state index contributed by atoms with van der Waals surface area (Å²) in [5, 5.41) is 0. The Morgan fingerprint density at radius 1 is 0.432 bits per heavy atom. The Morgan fingerprint density at radius 3 is 1.25 bits per heavy atom. The van der Waals surface area contributed by atoms with Crippen LogP contribution in [0.25, 0.3) is 0 Å². The molecular weight excluding hydrogens is 581 g/mol. The van der Waals surface area contributed by atoms with Gasteiger partial charge in [-0.15, -0.1) is 23.5 Å². The van der Waals surface area contributed by atoms with Crippen LogP contribution in [0.3, 0.4) is 0 Å². The maximum absolute atomic E-state index is 13.2. The molecule has 0 radical (unpaired) electrons. The highest BCUT2D eigenvalue weighted by molar-refractivity contribution is 7.98. The second-order valence-corrected chi connectivity index (χ2v) is 12.2. The van der Waals surface area contributed by atoms with E-state index in [1.165, 1.54) is 20.9 Å². The van der Waals surface area contributed by atoms with Crippen LogP contribution >= 0.6 is 23.5 Å². The maximum atomic E-state index is 13.2. The third-order valence-corrected chi connectivity index (χ3v) is 8.97. The molecule has 6 aromatic carbocycles. The normalized spacial score (nSPS) is 10.7. The molecule has 0 aromatic heterocycles. The third-order valence-electron chi connectivity index (χ3n) is 6.80. The number of carbonyl (C=O) groups is 1. The number of hydrogen-bond acceptors (Lipinski definition) is 5. The topological polar surface area (TPSA) is 35.5 Å². The summed E-state index contributed by atoms with van der Waals surface area (Å²) in [4.78, 5) is 15.6. The molecule has 0 spiro atoms. The standard InChI is InChI=1S/C39H30O3S2/c40-39(31-17-21-33(22-18-31)41-35-11-7-9-29(25-35)27-43-37-13-3-1-4-14-37)32-19-23-34(24-20-32)42-36-12-8-10-30(26-36)28-44-38-15-5-2-6-16-38/h1-26H,27-28H2. The predicted octanol–water partition coefficient (Wildman–Crippen LogP) is 11.1. The molecule has 6 rings (SSSR count). The Balaban J connectivity index is 1.03. The van der Waals surface area contributed by atoms with Gasteiger partial charge in [-0.1, -0.05) is 60.7 Å². The van der Waals surface area contributed by atoms with Gasteiger partial charge in [0.15, 0.2) is 5.78 Å². The van der Waals surface area contributed by atoms with Crippen LogP contribution < -0.4 is 9.47 Å². The summed E-state index contributed by atoms with van der Waals surface area (Å²) in [6, 6.07) is 51.5. The zero-order chi connectivity index (χ0) is 30.0. The summed E-state index contributed by atoms with van der Waals surface area (Å²) in [6.45, 7) is 0. The molecule has 3 nitrogen and oxygen atoms in total. The number of rotatable bonds is 12. The Morgan fingerprint density at radius 2 is 0.841 bits per heavy atom. The first-order valence-electron chi connectivity index (χ1n) is 14.3. The molecule has 0 aliphatic rings. The fourth-order valence-electron chi connectivity index (χ4n) is 4.55. The molecule has 0 bridgehead atoms. The monoisotopic (exact) mass is 610 g/mol. The maximum Gasteiger partial charge on any atom is 0.193 e. The molecule has 0 aliphatic heterocycles. The Bertz CT molecular complexity index is 1670. The Labute approximate surface area is 266 Å². The molecule has 0 atom stereocenters. The molecule has 5 heteroatoms. The van der Waals surface area contributed by atoms with Crippen LogP contribution in [-0.4, -0.2) is 5.78 Å². The van der Waals surface area contributed by atoms with Gasteiger partial charge in [0.25, 0.3) is 0 Å². The molecule has 0 fully saturated rings. The molecule has 0 N–H and O–H groups in total. The second kappa shape index (κ2) is 14.6. The Hall–Kier alpha value is -4.71. The summed E-state index contributed by atoms with van der Waals surface area (Å²) in [5.41, 5.74) is 3.57. The minimum Gasteiger partial charge on any atom is -0.457 e. The van der Waals surface area contributed by atoms with Crippen molar-refractivity contribution in [2.24, 2.45) is 0 Å². The number of benzene rings is 6. The molecule has 216 valence electrons. The van der Waals surface area contributed by atoms with Crippen LogP contribution in [0.5, 0.6) is 23.0 Å². The van der Waals surface area contributed by atoms with E-state index < -0.39 is 0 Å². The highest BCUT2D eigenvalue weighted by Gasteiger charge is 2.11. The van der Waals surface area contributed by atoms with Crippen LogP contribution in [0, 0.1) is 0 Å². The van der Waals surface area contributed by atoms with Gasteiger partial charge < -0.3 is 9.47 Å². The summed E-state index contributed by atoms with van der Waals surface area (Å²) in [6.07, 6.45) is 0. The molecule has 0 saturated heterocycles. The zero-order valence-corrected chi connectivity index (χ0v) is 25.6. The van der Waals surface area contributed by atoms with Crippen LogP contribution in [0.15, 0.2) is 168 Å². The summed E-state index contributed by atoms with van der Waals surface area (Å²) >= 11 is 3.58. The SMILES string of the molecule is O=C(c1ccc(Oc2cccc(CSc3ccccc3)c2)cc1)c1ccc(Oc2cccc(CSc3ccccc3)c2)cc1. The van der Waals surface area contributed by atoms with Gasteiger partial charge in [-0.3, -0.25) is 4.79 Å². The number of ketones is 1. The largest absolute Gasteiger partial charge is 0.457 e. The average molecular weight is 611 g/mol. The highest BCUT2D eigenvalue weighted by Crippen LogP contribution is 2.29. The van der Waals surface area contributed by atoms with Crippen LogP contribution in [0.2, 0.25) is 0 Å². The van der Waals surface area contributed by atoms with Crippen LogP contribution in [-0.2, 0) is 11.5 Å². The van der Waals surface area contributed by atoms with Crippen molar-refractivity contribution >= 4 is 29.3 Å². The molecular formula is C39H30O3S2. The predicted molar refractivity (Wildman–Crippen MR) is 181 cm³/mol. The molecule has 44 heavy (non-hydrogen) atoms. The number of ether oxygens (including phenoxy) is 2. The summed E-state index contributed by atoms with van der Waals surface area (Å²) in [7, 11) is 0. The average Bonchev–Trinajstić information content (AvgIpc) is 3.08. The smallest absolute Gasteiger partial charge is 0.193 e. The quantitative estimate of drug-likeness (QED) is 0.102. The van der Waals surface area contributed by atoms with Gasteiger partial charge in [0.05, 0.1) is 0 Å². The van der Waals surface area contributed by atoms with Gasteiger partial charge in [-0.05, 0) is 108 Å². The van der Waals surface area contributed by atoms with E-state index in [2.05, 4.69) is 48.5 Å². The van der Waals surface area contributed by atoms with E-state index in [0.717, 1.165) is 23.0 Å². The van der Waals surface area contributed by atoms with E-state index in [0.29, 0.717) is 22.6 Å². The minimum absolute atomic E-state index is 0.0528. The molecule has 6 aromatic rings. The molecule has 0 heterocycles. The lowest BCUT2D eigenvalue weighted by atomic mass is 10.0. The minimum atomic E-state index is -0.0528. The fraction of sp³-hybridized carbons (Fsp3) is 0.0513. The highest BCUT2D eigenvalue weighted by atomic mass is 32.2. The van der Waals surface area contributed by atoms with Crippen LogP contribution in [0.4, 0.5) is 0 Å². The van der Waals surface area contributed by atoms with Crippen molar-refractivity contribution in [2.45, 2.75) is 21.3 Å². The van der Waals surface area contributed by atoms with Crippen molar-refractivity contribution in [1.82, 2.24) is 0 Å². The molecule has 0 aliphatic carbocycles. The summed E-state index contributed by atoms with van der Waals surface area (Å²) < 4.78 is 12.2. The van der Waals surface area contributed by atoms with Gasteiger partial charge in [0.2, 0.25) is 0 Å². The number of carbonyl (C=O) groups excluding carboxylic acids is 1. The third kappa shape index (κ3) is 8.22. The first kappa shape index (κ1) is 29.4. The van der Waals surface area contributed by atoms with E-state index in [9.17, 15) is 4.79 Å². The van der Waals surface area contributed by atoms with Crippen molar-refractivity contribution in [3.63, 3.8) is 0 Å². The van der Waals surface area contributed by atoms with E-state index >= 15 is 0 Å². The van der Waals surface area contributed by atoms with Crippen molar-refractivity contribution < 1.29 is 14.3 Å². The Kier molecular flexibility index (Phi) is 9.78. The molecule has 0 amide bonds. The molecule has 0 unspecified atom stereocenters. The summed E-state index contributed by atoms with van der Waals surface area (Å²) in [5.74, 6) is 4.57. The van der Waals surface area contributed by atoms with Crippen LogP contribution in [0.1, 0.15) is 27.0 Å². The molecule has 0 saturated carbocycles. The lowest BCUT2D eigenvalue weighted by molar-refractivity contribution is 0.103. The first-order chi connectivity index (χ1) is 21.7. The first-order valence-corrected chi connectivity index (χ1v) is 16.3. The number of hydrogen-bond donors (Lipinski definition) is 0. The van der Waals surface area contributed by atoms with Gasteiger partial charge in [0, 0.05) is 32.4 Å². The van der Waals surface area contributed by atoms with E-state index in [1.807, 2.05) is 84.9 Å². The number of thioether (sulfide) groups is 2. The van der Waals surface area contributed by atoms with Gasteiger partial charge in [-0.25, -0.2) is 0 Å². The van der Waals surface area contributed by atoms with Gasteiger partial charge >= 0.3 is 0 Å². The van der Waals surface area contributed by atoms with E-state index in [1.54, 1.807) is 47.8 Å². The van der Waals surface area contributed by atoms with Crippen molar-refractivity contribution in [3.8, 4) is 23.0 Å². The van der Waals surface area contributed by atoms with Crippen molar-refractivity contribution in [2.75, 3.05) is 0 Å². The van der Waals surface area contributed by atoms with Gasteiger partial charge in [0.1, 0.15) is 23.0 Å². The van der Waals surface area contributed by atoms with Crippen molar-refractivity contribution in [3.05, 3.63) is 180 Å². The van der Waals surface area contributed by atoms with E-state index in [4.69, 9.17) is 9.47 Å². The fourth-order valence-corrected chi connectivity index (χ4v) is 6.28.